The van der Waals surface area contributed by atoms with E-state index in [1.54, 1.807) is 12.1 Å². The van der Waals surface area contributed by atoms with Crippen molar-refractivity contribution in [1.29, 1.82) is 0 Å². The minimum absolute atomic E-state index is 0.173. The average Bonchev–Trinajstić information content (AvgIpc) is 2.39. The van der Waals surface area contributed by atoms with Gasteiger partial charge in [0.05, 0.1) is 12.8 Å². The van der Waals surface area contributed by atoms with E-state index in [0.29, 0.717) is 11.4 Å². The summed E-state index contributed by atoms with van der Waals surface area (Å²) in [4.78, 5) is 12.0. The highest BCUT2D eigenvalue weighted by Gasteiger charge is 2.11. The number of anilines is 1. The zero-order valence-electron chi connectivity index (χ0n) is 9.85. The highest BCUT2D eigenvalue weighted by Crippen LogP contribution is 2.28. The number of nitrogens with zero attached hydrogens (tertiary/aromatic N) is 2. The van der Waals surface area contributed by atoms with E-state index in [9.17, 15) is 4.79 Å². The van der Waals surface area contributed by atoms with Crippen LogP contribution in [0.2, 0.25) is 5.15 Å². The third-order valence-corrected chi connectivity index (χ3v) is 2.97. The lowest BCUT2D eigenvalue weighted by atomic mass is 10.2. The molecule has 0 fully saturated rings. The van der Waals surface area contributed by atoms with E-state index >= 15 is 0 Å². The topological polar surface area (TPSA) is 64.1 Å². The predicted molar refractivity (Wildman–Crippen MR) is 75.7 cm³/mol. The second-order valence-electron chi connectivity index (χ2n) is 3.54. The first-order chi connectivity index (χ1) is 9.10. The summed E-state index contributed by atoms with van der Waals surface area (Å²) in [7, 11) is 1.53. The van der Waals surface area contributed by atoms with Crippen molar-refractivity contribution in [2.45, 2.75) is 0 Å². The molecule has 0 saturated carbocycles. The van der Waals surface area contributed by atoms with Crippen LogP contribution >= 0.6 is 27.5 Å². The molecule has 0 aliphatic rings. The Labute approximate surface area is 123 Å². The molecule has 0 spiro atoms. The van der Waals surface area contributed by atoms with Crippen molar-refractivity contribution in [2.75, 3.05) is 12.4 Å². The van der Waals surface area contributed by atoms with Gasteiger partial charge in [-0.25, -0.2) is 0 Å². The number of nitrogens with one attached hydrogen (secondary N) is 1. The summed E-state index contributed by atoms with van der Waals surface area (Å²) in [6.45, 7) is 0. The predicted octanol–water partition coefficient (Wildman–Crippen LogP) is 3.15. The summed E-state index contributed by atoms with van der Waals surface area (Å²) >= 11 is 8.94. The molecule has 0 bridgehead atoms. The summed E-state index contributed by atoms with van der Waals surface area (Å²) in [5.41, 5.74) is 0.713. The molecule has 1 aromatic carbocycles. The Morgan fingerprint density at radius 3 is 2.74 bits per heavy atom. The fourth-order valence-electron chi connectivity index (χ4n) is 1.40. The molecule has 0 unspecified atom stereocenters. The van der Waals surface area contributed by atoms with Gasteiger partial charge in [0.2, 0.25) is 0 Å². The molecule has 1 N–H and O–H groups in total. The summed E-state index contributed by atoms with van der Waals surface area (Å²) in [5.74, 6) is 0.166. The van der Waals surface area contributed by atoms with Crippen molar-refractivity contribution in [3.05, 3.63) is 45.7 Å². The van der Waals surface area contributed by atoms with Crippen LogP contribution in [0.5, 0.6) is 5.75 Å². The zero-order chi connectivity index (χ0) is 13.8. The van der Waals surface area contributed by atoms with Crippen LogP contribution in [-0.2, 0) is 0 Å². The zero-order valence-corrected chi connectivity index (χ0v) is 12.2. The lowest BCUT2D eigenvalue weighted by Crippen LogP contribution is -2.14. The first-order valence-electron chi connectivity index (χ1n) is 5.24. The van der Waals surface area contributed by atoms with Gasteiger partial charge in [0.25, 0.3) is 5.91 Å². The van der Waals surface area contributed by atoms with Gasteiger partial charge in [-0.05, 0) is 30.3 Å². The third-order valence-electron chi connectivity index (χ3n) is 2.27. The Balaban J connectivity index is 2.23. The van der Waals surface area contributed by atoms with Gasteiger partial charge in [-0.3, -0.25) is 4.79 Å². The van der Waals surface area contributed by atoms with Crippen LogP contribution in [-0.4, -0.2) is 23.2 Å². The number of carbonyl (C=O) groups excluding carboxylic acids is 1. The molecule has 2 rings (SSSR count). The molecule has 2 aromatic rings. The molecule has 19 heavy (non-hydrogen) atoms. The summed E-state index contributed by atoms with van der Waals surface area (Å²) < 4.78 is 5.99. The summed E-state index contributed by atoms with van der Waals surface area (Å²) in [6.07, 6.45) is 0. The number of amides is 1. The quantitative estimate of drug-likeness (QED) is 0.930. The van der Waals surface area contributed by atoms with Gasteiger partial charge >= 0.3 is 0 Å². The molecule has 1 amide bonds. The van der Waals surface area contributed by atoms with Crippen molar-refractivity contribution in [3.63, 3.8) is 0 Å². The normalized spacial score (nSPS) is 10.1. The van der Waals surface area contributed by atoms with Gasteiger partial charge in [0.15, 0.2) is 10.8 Å². The van der Waals surface area contributed by atoms with Crippen LogP contribution in [0.4, 0.5) is 5.69 Å². The first kappa shape index (κ1) is 13.8. The first-order valence-corrected chi connectivity index (χ1v) is 6.41. The Kier molecular flexibility index (Phi) is 4.34. The number of ether oxygens (including phenoxy) is 1. The molecule has 7 heteroatoms. The number of hydrogen-bond donors (Lipinski definition) is 1. The number of halogens is 2. The number of hydrogen-bond acceptors (Lipinski definition) is 4. The summed E-state index contributed by atoms with van der Waals surface area (Å²) in [5, 5.41) is 10.3. The van der Waals surface area contributed by atoms with Crippen LogP contribution in [0, 0.1) is 0 Å². The van der Waals surface area contributed by atoms with Crippen LogP contribution in [0.15, 0.2) is 34.8 Å². The van der Waals surface area contributed by atoms with Gasteiger partial charge in [-0.15, -0.1) is 10.2 Å². The molecular weight excluding hydrogens is 334 g/mol. The largest absolute Gasteiger partial charge is 0.495 e. The Hall–Kier alpha value is -1.66. The molecular formula is C12H9BrClN3O2. The van der Waals surface area contributed by atoms with Crippen LogP contribution < -0.4 is 10.1 Å². The molecule has 0 aliphatic heterocycles. The SMILES string of the molecule is COc1ccc(Br)cc1NC(=O)c1ccc(Cl)nn1. The molecule has 0 saturated heterocycles. The minimum Gasteiger partial charge on any atom is -0.495 e. The van der Waals surface area contributed by atoms with Crippen molar-refractivity contribution < 1.29 is 9.53 Å². The number of aromatic nitrogens is 2. The molecule has 1 heterocycles. The van der Waals surface area contributed by atoms with Gasteiger partial charge in [-0.1, -0.05) is 27.5 Å². The number of methoxy groups -OCH3 is 1. The van der Waals surface area contributed by atoms with Crippen LogP contribution in [0.3, 0.4) is 0 Å². The Bertz CT molecular complexity index is 604. The molecule has 0 radical (unpaired) electrons. The van der Waals surface area contributed by atoms with Crippen LogP contribution in [0.1, 0.15) is 10.5 Å². The van der Waals surface area contributed by atoms with Gasteiger partial charge in [0.1, 0.15) is 5.75 Å². The third kappa shape index (κ3) is 3.42. The van der Waals surface area contributed by atoms with Crippen molar-refractivity contribution in [2.24, 2.45) is 0 Å². The second kappa shape index (κ2) is 5.99. The minimum atomic E-state index is -0.388. The van der Waals surface area contributed by atoms with Gasteiger partial charge in [0, 0.05) is 4.47 Å². The van der Waals surface area contributed by atoms with E-state index in [-0.39, 0.29) is 16.8 Å². The molecule has 0 aliphatic carbocycles. The fraction of sp³-hybridized carbons (Fsp3) is 0.0833. The van der Waals surface area contributed by atoms with Crippen molar-refractivity contribution >= 4 is 39.1 Å². The van der Waals surface area contributed by atoms with E-state index < -0.39 is 0 Å². The highest BCUT2D eigenvalue weighted by molar-refractivity contribution is 9.10. The number of benzene rings is 1. The maximum absolute atomic E-state index is 12.0. The summed E-state index contributed by atoms with van der Waals surface area (Å²) in [6, 6.07) is 8.29. The average molecular weight is 343 g/mol. The second-order valence-corrected chi connectivity index (χ2v) is 4.84. The standard InChI is InChI=1S/C12H9BrClN3O2/c1-19-10-4-2-7(13)6-9(10)15-12(18)8-3-5-11(14)17-16-8/h2-6H,1H3,(H,15,18). The number of carbonyl (C=O) groups is 1. The van der Waals surface area contributed by atoms with E-state index in [0.717, 1.165) is 4.47 Å². The molecule has 0 atom stereocenters. The smallest absolute Gasteiger partial charge is 0.276 e. The highest BCUT2D eigenvalue weighted by atomic mass is 79.9. The molecule has 1 aromatic heterocycles. The van der Waals surface area contributed by atoms with Crippen molar-refractivity contribution in [3.8, 4) is 5.75 Å². The van der Waals surface area contributed by atoms with Gasteiger partial charge < -0.3 is 10.1 Å². The van der Waals surface area contributed by atoms with Crippen LogP contribution in [0.25, 0.3) is 0 Å². The lowest BCUT2D eigenvalue weighted by molar-refractivity contribution is 0.102. The maximum Gasteiger partial charge on any atom is 0.276 e. The van der Waals surface area contributed by atoms with E-state index in [2.05, 4.69) is 31.4 Å². The van der Waals surface area contributed by atoms with Gasteiger partial charge in [-0.2, -0.15) is 0 Å². The lowest BCUT2D eigenvalue weighted by Gasteiger charge is -2.10. The fourth-order valence-corrected chi connectivity index (χ4v) is 1.86. The molecule has 98 valence electrons. The van der Waals surface area contributed by atoms with E-state index in [1.165, 1.54) is 19.2 Å². The Morgan fingerprint density at radius 1 is 1.32 bits per heavy atom. The van der Waals surface area contributed by atoms with E-state index in [4.69, 9.17) is 16.3 Å². The number of rotatable bonds is 3. The monoisotopic (exact) mass is 341 g/mol. The Morgan fingerprint density at radius 2 is 2.11 bits per heavy atom. The van der Waals surface area contributed by atoms with Crippen molar-refractivity contribution in [1.82, 2.24) is 10.2 Å². The van der Waals surface area contributed by atoms with E-state index in [1.807, 2.05) is 6.07 Å². The maximum atomic E-state index is 12.0. The molecule has 5 nitrogen and oxygen atoms in total.